The zero-order chi connectivity index (χ0) is 21.6. The van der Waals surface area contributed by atoms with E-state index in [4.69, 9.17) is 4.74 Å². The molecule has 0 unspecified atom stereocenters. The van der Waals surface area contributed by atoms with Crippen LogP contribution in [0, 0.1) is 0 Å². The molecular formula is C20H20N8O2S. The zero-order valence-corrected chi connectivity index (χ0v) is 17.8. The van der Waals surface area contributed by atoms with Crippen LogP contribution >= 0.6 is 11.8 Å². The molecule has 0 aliphatic carbocycles. The van der Waals surface area contributed by atoms with Crippen molar-refractivity contribution in [2.75, 3.05) is 18.2 Å². The number of anilines is 1. The Labute approximate surface area is 182 Å². The van der Waals surface area contributed by atoms with E-state index < -0.39 is 0 Å². The number of benzene rings is 2. The summed E-state index contributed by atoms with van der Waals surface area (Å²) in [5.41, 5.74) is 1.52. The van der Waals surface area contributed by atoms with E-state index >= 15 is 0 Å². The van der Waals surface area contributed by atoms with Crippen molar-refractivity contribution in [2.45, 2.75) is 11.7 Å². The van der Waals surface area contributed by atoms with Crippen LogP contribution in [0.4, 0.5) is 5.69 Å². The van der Waals surface area contributed by atoms with E-state index in [0.717, 1.165) is 5.56 Å². The number of para-hydroxylation sites is 2. The highest BCUT2D eigenvalue weighted by molar-refractivity contribution is 7.99. The molecule has 158 valence electrons. The van der Waals surface area contributed by atoms with Crippen molar-refractivity contribution in [1.29, 1.82) is 0 Å². The Kier molecular flexibility index (Phi) is 6.22. The van der Waals surface area contributed by atoms with E-state index in [0.29, 0.717) is 34.8 Å². The summed E-state index contributed by atoms with van der Waals surface area (Å²) >= 11 is 1.29. The molecule has 11 heteroatoms. The van der Waals surface area contributed by atoms with Crippen molar-refractivity contribution in [1.82, 2.24) is 35.0 Å². The Morgan fingerprint density at radius 3 is 2.65 bits per heavy atom. The summed E-state index contributed by atoms with van der Waals surface area (Å²) in [6, 6.07) is 16.9. The lowest BCUT2D eigenvalue weighted by molar-refractivity contribution is -0.113. The van der Waals surface area contributed by atoms with Gasteiger partial charge in [-0.05, 0) is 17.3 Å². The van der Waals surface area contributed by atoms with E-state index in [1.54, 1.807) is 19.2 Å². The van der Waals surface area contributed by atoms with Crippen LogP contribution in [0.5, 0.6) is 5.75 Å². The number of amides is 1. The predicted molar refractivity (Wildman–Crippen MR) is 116 cm³/mol. The average molecular weight is 437 g/mol. The van der Waals surface area contributed by atoms with Gasteiger partial charge in [0.15, 0.2) is 11.0 Å². The molecule has 0 aliphatic rings. The first kappa shape index (κ1) is 20.5. The molecule has 4 rings (SSSR count). The quantitative estimate of drug-likeness (QED) is 0.419. The highest BCUT2D eigenvalue weighted by atomic mass is 32.2. The van der Waals surface area contributed by atoms with E-state index in [9.17, 15) is 4.79 Å². The highest BCUT2D eigenvalue weighted by Gasteiger charge is 2.14. The van der Waals surface area contributed by atoms with Gasteiger partial charge in [0, 0.05) is 12.6 Å². The van der Waals surface area contributed by atoms with Gasteiger partial charge < -0.3 is 14.6 Å². The van der Waals surface area contributed by atoms with Gasteiger partial charge in [-0.1, -0.05) is 54.2 Å². The molecule has 0 saturated heterocycles. The Morgan fingerprint density at radius 2 is 1.84 bits per heavy atom. The number of nitrogens with zero attached hydrogens (tertiary/aromatic N) is 7. The number of hydrogen-bond donors (Lipinski definition) is 1. The van der Waals surface area contributed by atoms with Gasteiger partial charge in [-0.3, -0.25) is 4.79 Å². The minimum Gasteiger partial charge on any atom is -0.495 e. The van der Waals surface area contributed by atoms with Crippen molar-refractivity contribution < 1.29 is 9.53 Å². The van der Waals surface area contributed by atoms with E-state index in [2.05, 4.69) is 30.9 Å². The molecule has 0 bridgehead atoms. The van der Waals surface area contributed by atoms with Gasteiger partial charge in [0.1, 0.15) is 12.3 Å². The Hall–Kier alpha value is -3.73. The fourth-order valence-electron chi connectivity index (χ4n) is 2.81. The van der Waals surface area contributed by atoms with Crippen molar-refractivity contribution in [2.24, 2.45) is 7.05 Å². The third kappa shape index (κ3) is 4.89. The number of aromatic nitrogens is 7. The van der Waals surface area contributed by atoms with Crippen molar-refractivity contribution in [3.63, 3.8) is 0 Å². The summed E-state index contributed by atoms with van der Waals surface area (Å²) in [4.78, 5) is 13.8. The molecule has 0 spiro atoms. The fraction of sp³-hybridized carbons (Fsp3) is 0.200. The minimum absolute atomic E-state index is 0.163. The first-order valence-corrected chi connectivity index (χ1v) is 10.4. The van der Waals surface area contributed by atoms with Crippen molar-refractivity contribution >= 4 is 23.4 Å². The van der Waals surface area contributed by atoms with Gasteiger partial charge in [-0.15, -0.1) is 20.4 Å². The average Bonchev–Trinajstić information content (AvgIpc) is 3.41. The summed E-state index contributed by atoms with van der Waals surface area (Å²) in [5, 5.41) is 24.4. The maximum Gasteiger partial charge on any atom is 0.234 e. The molecule has 1 N–H and O–H groups in total. The first-order valence-electron chi connectivity index (χ1n) is 9.41. The molecule has 0 aliphatic heterocycles. The standard InChI is InChI=1S/C20H20N8O2S/c1-27-17(12-28-25-19(23-26-28)14-8-4-3-5-9-14)22-24-20(27)31-13-18(29)21-15-10-6-7-11-16(15)30-2/h3-11H,12-13H2,1-2H3,(H,21,29). The topological polar surface area (TPSA) is 113 Å². The SMILES string of the molecule is COc1ccccc1NC(=O)CSc1nnc(Cn2nnc(-c3ccccc3)n2)n1C. The van der Waals surface area contributed by atoms with Gasteiger partial charge in [0.05, 0.1) is 18.6 Å². The molecule has 0 atom stereocenters. The molecule has 2 heterocycles. The summed E-state index contributed by atoms with van der Waals surface area (Å²) in [6.45, 7) is 0.317. The second-order valence-electron chi connectivity index (χ2n) is 6.50. The predicted octanol–water partition coefficient (Wildman–Crippen LogP) is 2.26. The lowest BCUT2D eigenvalue weighted by atomic mass is 10.2. The van der Waals surface area contributed by atoms with E-state index in [-0.39, 0.29) is 11.7 Å². The number of ether oxygens (including phenoxy) is 1. The van der Waals surface area contributed by atoms with Crippen molar-refractivity contribution in [3.05, 3.63) is 60.4 Å². The Morgan fingerprint density at radius 1 is 1.06 bits per heavy atom. The van der Waals surface area contributed by atoms with Crippen molar-refractivity contribution in [3.8, 4) is 17.1 Å². The largest absolute Gasteiger partial charge is 0.495 e. The monoisotopic (exact) mass is 436 g/mol. The molecule has 0 saturated carbocycles. The summed E-state index contributed by atoms with van der Waals surface area (Å²) in [6.07, 6.45) is 0. The Balaban J connectivity index is 1.36. The van der Waals surface area contributed by atoms with Crippen LogP contribution < -0.4 is 10.1 Å². The molecule has 31 heavy (non-hydrogen) atoms. The number of hydrogen-bond acceptors (Lipinski definition) is 8. The third-order valence-electron chi connectivity index (χ3n) is 4.41. The highest BCUT2D eigenvalue weighted by Crippen LogP contribution is 2.24. The minimum atomic E-state index is -0.163. The lowest BCUT2D eigenvalue weighted by Gasteiger charge is -2.09. The summed E-state index contributed by atoms with van der Waals surface area (Å²) in [5.74, 6) is 1.83. The fourth-order valence-corrected chi connectivity index (χ4v) is 3.54. The normalized spacial score (nSPS) is 10.8. The molecule has 0 fully saturated rings. The molecule has 4 aromatic rings. The van der Waals surface area contributed by atoms with Gasteiger partial charge in [-0.25, -0.2) is 0 Å². The van der Waals surface area contributed by atoms with Gasteiger partial charge in [0.2, 0.25) is 11.7 Å². The molecule has 2 aromatic carbocycles. The number of rotatable bonds is 8. The number of tetrazole rings is 1. The van der Waals surface area contributed by atoms with Crippen LogP contribution in [0.15, 0.2) is 59.8 Å². The molecule has 0 radical (unpaired) electrons. The zero-order valence-electron chi connectivity index (χ0n) is 17.0. The number of carbonyl (C=O) groups is 1. The third-order valence-corrected chi connectivity index (χ3v) is 5.43. The van der Waals surface area contributed by atoms with E-state index in [1.165, 1.54) is 16.6 Å². The van der Waals surface area contributed by atoms with Crippen LogP contribution in [0.25, 0.3) is 11.4 Å². The number of thioether (sulfide) groups is 1. The maximum atomic E-state index is 12.3. The van der Waals surface area contributed by atoms with Crippen LogP contribution in [0.1, 0.15) is 5.82 Å². The second kappa shape index (κ2) is 9.39. The Bertz CT molecular complexity index is 1170. The summed E-state index contributed by atoms with van der Waals surface area (Å²) in [7, 11) is 3.40. The van der Waals surface area contributed by atoms with Crippen LogP contribution in [-0.2, 0) is 18.4 Å². The van der Waals surface area contributed by atoms with Gasteiger partial charge >= 0.3 is 0 Å². The van der Waals surface area contributed by atoms with Crippen LogP contribution in [0.3, 0.4) is 0 Å². The van der Waals surface area contributed by atoms with Crippen LogP contribution in [-0.4, -0.2) is 53.7 Å². The number of nitrogens with one attached hydrogen (secondary N) is 1. The molecular weight excluding hydrogens is 416 g/mol. The molecule has 1 amide bonds. The van der Waals surface area contributed by atoms with E-state index in [1.807, 2.05) is 54.1 Å². The molecule has 2 aromatic heterocycles. The van der Waals surface area contributed by atoms with Gasteiger partial charge in [-0.2, -0.15) is 4.80 Å². The van der Waals surface area contributed by atoms with Crippen LogP contribution in [0.2, 0.25) is 0 Å². The number of carbonyl (C=O) groups excluding carboxylic acids is 1. The smallest absolute Gasteiger partial charge is 0.234 e. The summed E-state index contributed by atoms with van der Waals surface area (Å²) < 4.78 is 7.06. The molecule has 10 nitrogen and oxygen atoms in total. The second-order valence-corrected chi connectivity index (χ2v) is 7.45. The first-order chi connectivity index (χ1) is 15.1. The van der Waals surface area contributed by atoms with Gasteiger partial charge in [0.25, 0.3) is 0 Å². The lowest BCUT2D eigenvalue weighted by Crippen LogP contribution is -2.15. The number of methoxy groups -OCH3 is 1. The maximum absolute atomic E-state index is 12.3.